The van der Waals surface area contributed by atoms with Crippen molar-refractivity contribution in [3.63, 3.8) is 0 Å². The van der Waals surface area contributed by atoms with Gasteiger partial charge in [-0.1, -0.05) is 6.92 Å². The predicted octanol–water partition coefficient (Wildman–Crippen LogP) is -0.0107. The average molecular weight is 132 g/mol. The van der Waals surface area contributed by atoms with Gasteiger partial charge in [0.2, 0.25) is 6.29 Å². The van der Waals surface area contributed by atoms with Crippen molar-refractivity contribution in [2.75, 3.05) is 5.75 Å². The number of hydrogen-bond donors (Lipinski definition) is 2. The summed E-state index contributed by atoms with van der Waals surface area (Å²) >= 11 is 3.95. The summed E-state index contributed by atoms with van der Waals surface area (Å²) in [4.78, 5) is 9.82. The third kappa shape index (κ3) is 2.33. The van der Waals surface area contributed by atoms with Crippen LogP contribution in [0.25, 0.3) is 0 Å². The molecule has 0 spiro atoms. The molecule has 0 amide bonds. The van der Waals surface area contributed by atoms with Crippen molar-refractivity contribution in [3.05, 3.63) is 0 Å². The molecule has 0 saturated heterocycles. The topological polar surface area (TPSA) is 43.1 Å². The van der Waals surface area contributed by atoms with Gasteiger partial charge in [0.25, 0.3) is 0 Å². The van der Waals surface area contributed by atoms with Crippen molar-refractivity contribution in [2.24, 2.45) is 11.7 Å². The molecule has 3 heteroatoms. The van der Waals surface area contributed by atoms with E-state index in [1.807, 2.05) is 6.92 Å². The lowest BCUT2D eigenvalue weighted by Gasteiger charge is -2.08. The maximum absolute atomic E-state index is 9.82. The molecule has 0 saturated carbocycles. The molecule has 1 radical (unpaired) electrons. The van der Waals surface area contributed by atoms with E-state index >= 15 is 0 Å². The first-order chi connectivity index (χ1) is 3.72. The Labute approximate surface area is 54.9 Å². The molecular weight excluding hydrogens is 122 g/mol. The maximum Gasteiger partial charge on any atom is 0.216 e. The van der Waals surface area contributed by atoms with Gasteiger partial charge in [0.05, 0.1) is 6.04 Å². The Morgan fingerprint density at radius 1 is 1.88 bits per heavy atom. The molecule has 0 aromatic heterocycles. The molecule has 0 aliphatic carbocycles. The normalized spacial score (nSPS) is 17.4. The largest absolute Gasteiger partial charge is 0.321 e. The molecule has 1 unspecified atom stereocenters. The number of nitrogens with two attached hydrogens (primary N) is 1. The second kappa shape index (κ2) is 3.92. The van der Waals surface area contributed by atoms with Gasteiger partial charge < -0.3 is 5.73 Å². The number of thiol groups is 1. The number of carbonyl (C=O) groups excluding carboxylic acids is 1. The molecule has 0 aliphatic heterocycles. The van der Waals surface area contributed by atoms with Gasteiger partial charge >= 0.3 is 0 Å². The SMILES string of the molecule is CC(CS)[C@H](N)[C]=O. The summed E-state index contributed by atoms with van der Waals surface area (Å²) in [5.41, 5.74) is 5.25. The van der Waals surface area contributed by atoms with E-state index in [1.54, 1.807) is 6.29 Å². The van der Waals surface area contributed by atoms with Crippen molar-refractivity contribution in [3.8, 4) is 0 Å². The molecule has 2 N–H and O–H groups in total. The molecule has 8 heavy (non-hydrogen) atoms. The zero-order valence-electron chi connectivity index (χ0n) is 4.79. The summed E-state index contributed by atoms with van der Waals surface area (Å²) in [5, 5.41) is 0. The number of rotatable bonds is 3. The van der Waals surface area contributed by atoms with Gasteiger partial charge in [-0.05, 0) is 11.7 Å². The minimum absolute atomic E-state index is 0.135. The Kier molecular flexibility index (Phi) is 3.91. The molecular formula is C5H10NOS. The first-order valence-corrected chi connectivity index (χ1v) is 3.09. The summed E-state index contributed by atoms with van der Waals surface area (Å²) in [5.74, 6) is 0.770. The monoisotopic (exact) mass is 132 g/mol. The Balaban J connectivity index is 3.44. The van der Waals surface area contributed by atoms with Crippen molar-refractivity contribution < 1.29 is 4.79 Å². The van der Waals surface area contributed by atoms with Crippen LogP contribution in [0.15, 0.2) is 0 Å². The van der Waals surface area contributed by atoms with Crippen LogP contribution in [0.1, 0.15) is 6.92 Å². The Morgan fingerprint density at radius 3 is 2.50 bits per heavy atom. The van der Waals surface area contributed by atoms with Crippen molar-refractivity contribution in [2.45, 2.75) is 13.0 Å². The van der Waals surface area contributed by atoms with Crippen LogP contribution in [0, 0.1) is 5.92 Å². The predicted molar refractivity (Wildman–Crippen MR) is 36.7 cm³/mol. The van der Waals surface area contributed by atoms with Crippen LogP contribution >= 0.6 is 12.6 Å². The average Bonchev–Trinajstić information content (AvgIpc) is 1.84. The van der Waals surface area contributed by atoms with Crippen molar-refractivity contribution in [1.82, 2.24) is 0 Å². The molecule has 2 atom stereocenters. The van der Waals surface area contributed by atoms with Crippen LogP contribution in [0.4, 0.5) is 0 Å². The van der Waals surface area contributed by atoms with Gasteiger partial charge in [0.1, 0.15) is 0 Å². The molecule has 0 fully saturated rings. The third-order valence-electron chi connectivity index (χ3n) is 1.04. The van der Waals surface area contributed by atoms with Crippen LogP contribution in [0.5, 0.6) is 0 Å². The fraction of sp³-hybridized carbons (Fsp3) is 0.800. The highest BCUT2D eigenvalue weighted by Crippen LogP contribution is 1.98. The molecule has 0 bridgehead atoms. The summed E-state index contributed by atoms with van der Waals surface area (Å²) in [6, 6.07) is -0.465. The van der Waals surface area contributed by atoms with E-state index in [-0.39, 0.29) is 5.92 Å². The second-order valence-electron chi connectivity index (χ2n) is 1.80. The highest BCUT2D eigenvalue weighted by Gasteiger charge is 2.08. The fourth-order valence-electron chi connectivity index (χ4n) is 0.230. The lowest BCUT2D eigenvalue weighted by atomic mass is 10.1. The van der Waals surface area contributed by atoms with Crippen LogP contribution in [-0.2, 0) is 4.79 Å². The first-order valence-electron chi connectivity index (χ1n) is 2.46. The van der Waals surface area contributed by atoms with Crippen molar-refractivity contribution in [1.29, 1.82) is 0 Å². The Morgan fingerprint density at radius 2 is 2.38 bits per heavy atom. The van der Waals surface area contributed by atoms with E-state index in [2.05, 4.69) is 12.6 Å². The molecule has 0 aromatic carbocycles. The zero-order chi connectivity index (χ0) is 6.57. The smallest absolute Gasteiger partial charge is 0.216 e. The summed E-state index contributed by atoms with van der Waals surface area (Å²) in [6.45, 7) is 1.86. The maximum atomic E-state index is 9.82. The van der Waals surface area contributed by atoms with Gasteiger partial charge in [-0.3, -0.25) is 4.79 Å². The van der Waals surface area contributed by atoms with E-state index in [0.29, 0.717) is 5.75 Å². The van der Waals surface area contributed by atoms with Crippen LogP contribution in [0.2, 0.25) is 0 Å². The van der Waals surface area contributed by atoms with Gasteiger partial charge in [-0.2, -0.15) is 12.6 Å². The Hall–Kier alpha value is -0.0200. The molecule has 0 aromatic rings. The zero-order valence-corrected chi connectivity index (χ0v) is 5.69. The summed E-state index contributed by atoms with van der Waals surface area (Å²) < 4.78 is 0. The van der Waals surface area contributed by atoms with E-state index in [9.17, 15) is 4.79 Å². The molecule has 2 nitrogen and oxygen atoms in total. The van der Waals surface area contributed by atoms with Crippen LogP contribution < -0.4 is 5.73 Å². The molecule has 0 rings (SSSR count). The van der Waals surface area contributed by atoms with E-state index in [1.165, 1.54) is 0 Å². The summed E-state index contributed by atoms with van der Waals surface area (Å²) in [7, 11) is 0. The minimum Gasteiger partial charge on any atom is -0.321 e. The van der Waals surface area contributed by atoms with E-state index in [4.69, 9.17) is 5.73 Å². The third-order valence-corrected chi connectivity index (χ3v) is 1.61. The minimum atomic E-state index is -0.465. The fourth-order valence-corrected chi connectivity index (χ4v) is 0.457. The van der Waals surface area contributed by atoms with Gasteiger partial charge in [-0.25, -0.2) is 0 Å². The van der Waals surface area contributed by atoms with E-state index < -0.39 is 6.04 Å². The standard InChI is InChI=1S/C5H10NOS/c1-4(3-8)5(6)2-7/h4-5,8H,3,6H2,1H3/t4?,5-/m1/s1. The van der Waals surface area contributed by atoms with Gasteiger partial charge in [0.15, 0.2) is 0 Å². The molecule has 0 heterocycles. The molecule has 0 aliphatic rings. The lowest BCUT2D eigenvalue weighted by Crippen LogP contribution is -2.30. The highest BCUT2D eigenvalue weighted by atomic mass is 32.1. The second-order valence-corrected chi connectivity index (χ2v) is 2.17. The Bertz CT molecular complexity index is 76.8. The number of hydrogen-bond acceptors (Lipinski definition) is 3. The van der Waals surface area contributed by atoms with E-state index in [0.717, 1.165) is 0 Å². The molecule has 47 valence electrons. The lowest BCUT2D eigenvalue weighted by molar-refractivity contribution is 0.510. The van der Waals surface area contributed by atoms with Gasteiger partial charge in [0, 0.05) is 0 Å². The quantitative estimate of drug-likeness (QED) is 0.530. The van der Waals surface area contributed by atoms with Crippen molar-refractivity contribution >= 4 is 18.9 Å². The summed E-state index contributed by atoms with van der Waals surface area (Å²) in [6.07, 6.45) is 1.69. The van der Waals surface area contributed by atoms with Crippen LogP contribution in [-0.4, -0.2) is 18.1 Å². The van der Waals surface area contributed by atoms with Gasteiger partial charge in [-0.15, -0.1) is 0 Å². The highest BCUT2D eigenvalue weighted by molar-refractivity contribution is 7.80. The first kappa shape index (κ1) is 7.98. The van der Waals surface area contributed by atoms with Crippen LogP contribution in [0.3, 0.4) is 0 Å².